The molecule has 0 aliphatic carbocycles. The molecule has 1 atom stereocenters. The van der Waals surface area contributed by atoms with Gasteiger partial charge in [0.1, 0.15) is 6.29 Å². The zero-order chi connectivity index (χ0) is 21.8. The number of carbonyl (C=O) groups is 1. The van der Waals surface area contributed by atoms with E-state index in [4.69, 9.17) is 11.6 Å². The summed E-state index contributed by atoms with van der Waals surface area (Å²) in [7, 11) is 4.00. The van der Waals surface area contributed by atoms with E-state index in [-0.39, 0.29) is 5.54 Å². The molecular weight excluding hydrogens is 382 g/mol. The maximum absolute atomic E-state index is 11.6. The fourth-order valence-corrected chi connectivity index (χ4v) is 4.13. The predicted molar refractivity (Wildman–Crippen MR) is 126 cm³/mol. The number of piperidine rings is 1. The van der Waals surface area contributed by atoms with Crippen molar-refractivity contribution in [3.8, 4) is 0 Å². The molecule has 2 N–H and O–H groups in total. The van der Waals surface area contributed by atoms with Gasteiger partial charge in [0.05, 0.1) is 5.54 Å². The van der Waals surface area contributed by atoms with Crippen LogP contribution in [0.2, 0.25) is 0 Å². The quantitative estimate of drug-likeness (QED) is 0.462. The zero-order valence-electron chi connectivity index (χ0n) is 18.4. The van der Waals surface area contributed by atoms with Crippen LogP contribution in [0.1, 0.15) is 39.2 Å². The highest BCUT2D eigenvalue weighted by Crippen LogP contribution is 2.37. The van der Waals surface area contributed by atoms with Crippen LogP contribution in [0.3, 0.4) is 0 Å². The van der Waals surface area contributed by atoms with E-state index in [1.165, 1.54) is 0 Å². The van der Waals surface area contributed by atoms with Gasteiger partial charge in [0, 0.05) is 42.5 Å². The van der Waals surface area contributed by atoms with Crippen molar-refractivity contribution in [1.29, 1.82) is 0 Å². The Hall–Kier alpha value is -2.04. The lowest BCUT2D eigenvalue weighted by Crippen LogP contribution is -2.52. The van der Waals surface area contributed by atoms with Crippen molar-refractivity contribution in [1.82, 2.24) is 5.32 Å². The van der Waals surface area contributed by atoms with E-state index in [2.05, 4.69) is 35.9 Å². The molecule has 1 saturated heterocycles. The molecule has 0 amide bonds. The van der Waals surface area contributed by atoms with E-state index in [9.17, 15) is 4.79 Å². The first-order chi connectivity index (χ1) is 13.6. The molecular formula is C24H34ClN3O. The third-order valence-corrected chi connectivity index (χ3v) is 6.05. The summed E-state index contributed by atoms with van der Waals surface area (Å²) >= 11 is 6.25. The molecule has 0 saturated carbocycles. The van der Waals surface area contributed by atoms with Gasteiger partial charge >= 0.3 is 0 Å². The van der Waals surface area contributed by atoms with Crippen molar-refractivity contribution in [3.63, 3.8) is 0 Å². The fourth-order valence-electron chi connectivity index (χ4n) is 4.03. The molecule has 4 nitrogen and oxygen atoms in total. The monoisotopic (exact) mass is 415 g/mol. The molecule has 1 aromatic rings. The van der Waals surface area contributed by atoms with Crippen molar-refractivity contribution < 1.29 is 4.79 Å². The van der Waals surface area contributed by atoms with Gasteiger partial charge in [-0.15, -0.1) is 0 Å². The maximum atomic E-state index is 11.6. The van der Waals surface area contributed by atoms with Gasteiger partial charge in [-0.25, -0.2) is 0 Å². The van der Waals surface area contributed by atoms with Gasteiger partial charge in [-0.3, -0.25) is 0 Å². The van der Waals surface area contributed by atoms with Crippen molar-refractivity contribution >= 4 is 29.3 Å². The number of hydrogen-bond acceptors (Lipinski definition) is 4. The fraction of sp³-hybridized carbons (Fsp3) is 0.458. The molecule has 158 valence electrons. The summed E-state index contributed by atoms with van der Waals surface area (Å²) in [5.74, 6) is 0. The van der Waals surface area contributed by atoms with Crippen LogP contribution < -0.4 is 15.5 Å². The second kappa shape index (κ2) is 9.19. The Morgan fingerprint density at radius 1 is 1.38 bits per heavy atom. The van der Waals surface area contributed by atoms with Crippen molar-refractivity contribution in [2.75, 3.05) is 37.4 Å². The van der Waals surface area contributed by atoms with Crippen molar-refractivity contribution in [3.05, 3.63) is 59.2 Å². The molecule has 0 aromatic heterocycles. The first-order valence-corrected chi connectivity index (χ1v) is 10.4. The summed E-state index contributed by atoms with van der Waals surface area (Å²) in [5.41, 5.74) is 4.15. The van der Waals surface area contributed by atoms with Crippen LogP contribution in [0.25, 0.3) is 0 Å². The lowest BCUT2D eigenvalue weighted by Gasteiger charge is -2.42. The second-order valence-electron chi connectivity index (χ2n) is 8.60. The van der Waals surface area contributed by atoms with Gasteiger partial charge in [-0.2, -0.15) is 0 Å². The van der Waals surface area contributed by atoms with Gasteiger partial charge in [0.25, 0.3) is 0 Å². The van der Waals surface area contributed by atoms with E-state index in [1.807, 2.05) is 51.9 Å². The van der Waals surface area contributed by atoms with Crippen molar-refractivity contribution in [2.45, 2.75) is 44.6 Å². The first kappa shape index (κ1) is 23.2. The number of nitrogens with one attached hydrogen (secondary N) is 2. The molecule has 1 unspecified atom stereocenters. The molecule has 0 spiro atoms. The molecule has 1 fully saturated rings. The lowest BCUT2D eigenvalue weighted by molar-refractivity contribution is -0.111. The Morgan fingerprint density at radius 2 is 2.07 bits per heavy atom. The third kappa shape index (κ3) is 4.93. The van der Waals surface area contributed by atoms with E-state index < -0.39 is 5.41 Å². The molecule has 1 aliphatic rings. The van der Waals surface area contributed by atoms with Gasteiger partial charge in [-0.1, -0.05) is 36.9 Å². The van der Waals surface area contributed by atoms with E-state index >= 15 is 0 Å². The highest BCUT2D eigenvalue weighted by molar-refractivity contribution is 6.31. The van der Waals surface area contributed by atoms with Gasteiger partial charge in [0.15, 0.2) is 0 Å². The first-order valence-electron chi connectivity index (χ1n) is 10.0. The molecule has 0 radical (unpaired) electrons. The maximum Gasteiger partial charge on any atom is 0.130 e. The number of rotatable bonds is 8. The Kier molecular flexibility index (Phi) is 7.36. The largest absolute Gasteiger partial charge is 0.377 e. The van der Waals surface area contributed by atoms with E-state index in [0.29, 0.717) is 5.03 Å². The zero-order valence-corrected chi connectivity index (χ0v) is 19.1. The number of allylic oxidation sites excluding steroid dienone is 2. The van der Waals surface area contributed by atoms with Crippen LogP contribution in [0.4, 0.5) is 11.4 Å². The Labute approximate surface area is 180 Å². The minimum absolute atomic E-state index is 0.326. The highest BCUT2D eigenvalue weighted by atomic mass is 35.5. The van der Waals surface area contributed by atoms with Gasteiger partial charge < -0.3 is 20.3 Å². The van der Waals surface area contributed by atoms with Gasteiger partial charge in [0.2, 0.25) is 0 Å². The lowest BCUT2D eigenvalue weighted by atomic mass is 9.79. The predicted octanol–water partition coefficient (Wildman–Crippen LogP) is 5.02. The molecule has 2 rings (SSSR count). The number of anilines is 2. The summed E-state index contributed by atoms with van der Waals surface area (Å²) in [6.07, 6.45) is 4.90. The standard InChI is InChI=1S/C24H34ClN3O/c1-8-20(17(2)18(3)25)24(12-9-13-26-15-24)27-19-10-11-21(23(4,5)16-29)22(14-19)28(6)7/h8,10-11,14,16,26-27H,1,3,9,12-13,15H2,2,4-7H3/b20-17+. The summed E-state index contributed by atoms with van der Waals surface area (Å²) in [4.78, 5) is 13.7. The van der Waals surface area contributed by atoms with Crippen molar-refractivity contribution in [2.24, 2.45) is 0 Å². The summed E-state index contributed by atoms with van der Waals surface area (Å²) in [6, 6.07) is 6.21. The summed E-state index contributed by atoms with van der Waals surface area (Å²) in [6.45, 7) is 15.6. The molecule has 29 heavy (non-hydrogen) atoms. The van der Waals surface area contributed by atoms with Crippen LogP contribution in [0, 0.1) is 0 Å². The highest BCUT2D eigenvalue weighted by Gasteiger charge is 2.36. The summed E-state index contributed by atoms with van der Waals surface area (Å²) in [5, 5.41) is 7.81. The Balaban J connectivity index is 2.56. The topological polar surface area (TPSA) is 44.4 Å². The van der Waals surface area contributed by atoms with E-state index in [1.54, 1.807) is 0 Å². The molecule has 0 bridgehead atoms. The number of nitrogens with zero attached hydrogens (tertiary/aromatic N) is 1. The van der Waals surface area contributed by atoms with Crippen LogP contribution in [-0.4, -0.2) is 39.0 Å². The Bertz CT molecular complexity index is 817. The van der Waals surface area contributed by atoms with Crippen LogP contribution >= 0.6 is 11.6 Å². The van der Waals surface area contributed by atoms with Crippen LogP contribution in [0.15, 0.2) is 53.6 Å². The van der Waals surface area contributed by atoms with Gasteiger partial charge in [-0.05, 0) is 69.0 Å². The minimum atomic E-state index is -0.554. The van der Waals surface area contributed by atoms with Crippen LogP contribution in [-0.2, 0) is 10.2 Å². The minimum Gasteiger partial charge on any atom is -0.377 e. The molecule has 1 aliphatic heterocycles. The third-order valence-electron chi connectivity index (χ3n) is 5.77. The second-order valence-corrected chi connectivity index (χ2v) is 9.06. The molecule has 1 heterocycles. The Morgan fingerprint density at radius 3 is 2.55 bits per heavy atom. The summed E-state index contributed by atoms with van der Waals surface area (Å²) < 4.78 is 0. The number of halogens is 1. The number of hydrogen-bond donors (Lipinski definition) is 2. The van der Waals surface area contributed by atoms with E-state index in [0.717, 1.165) is 60.3 Å². The molecule has 5 heteroatoms. The molecule has 1 aromatic carbocycles. The normalized spacial score (nSPS) is 20.5. The average molecular weight is 416 g/mol. The van der Waals surface area contributed by atoms with Crippen LogP contribution in [0.5, 0.6) is 0 Å². The SMILES string of the molecule is C=C/C(=C(/C)C(=C)Cl)C1(Nc2ccc(C(C)(C)C=O)c(N(C)C)c2)CCCNC1. The average Bonchev–Trinajstić information content (AvgIpc) is 2.68. The number of benzene rings is 1. The number of aldehydes is 1. The number of carbonyl (C=O) groups excluding carboxylic acids is 1. The smallest absolute Gasteiger partial charge is 0.130 e.